The molecule has 1 aromatic heterocycles. The van der Waals surface area contributed by atoms with Crippen molar-refractivity contribution in [3.05, 3.63) is 18.1 Å². The zero-order valence-electron chi connectivity index (χ0n) is 8.49. The van der Waals surface area contributed by atoms with E-state index in [0.29, 0.717) is 18.1 Å². The lowest BCUT2D eigenvalue weighted by atomic mass is 10.4. The highest BCUT2D eigenvalue weighted by atomic mass is 32.2. The van der Waals surface area contributed by atoms with Crippen LogP contribution in [0.3, 0.4) is 0 Å². The molecule has 1 heterocycles. The Kier molecular flexibility index (Phi) is 4.52. The normalized spacial score (nSPS) is 12.4. The lowest BCUT2D eigenvalue weighted by molar-refractivity contribution is 0.684. The van der Waals surface area contributed by atoms with Gasteiger partial charge >= 0.3 is 0 Å². The van der Waals surface area contributed by atoms with Crippen LogP contribution in [-0.2, 0) is 10.8 Å². The first-order valence-electron chi connectivity index (χ1n) is 4.60. The first-order valence-corrected chi connectivity index (χ1v) is 6.08. The topological polar surface area (TPSA) is 54.9 Å². The van der Waals surface area contributed by atoms with E-state index in [1.807, 2.05) is 19.9 Å². The molecule has 1 unspecified atom stereocenters. The maximum absolute atomic E-state index is 11.1. The van der Waals surface area contributed by atoms with E-state index >= 15 is 0 Å². The Morgan fingerprint density at radius 3 is 2.93 bits per heavy atom. The van der Waals surface area contributed by atoms with Gasteiger partial charge in [-0.15, -0.1) is 0 Å². The molecule has 0 bridgehead atoms. The number of aromatic nitrogens is 2. The Morgan fingerprint density at radius 2 is 2.29 bits per heavy atom. The van der Waals surface area contributed by atoms with E-state index in [1.165, 1.54) is 6.33 Å². The van der Waals surface area contributed by atoms with Gasteiger partial charge < -0.3 is 5.32 Å². The summed E-state index contributed by atoms with van der Waals surface area (Å²) in [5.41, 5.74) is 0.930. The number of nitrogens with one attached hydrogen (secondary N) is 1. The molecule has 0 aliphatic heterocycles. The number of nitrogens with zero attached hydrogens (tertiary/aromatic N) is 2. The van der Waals surface area contributed by atoms with Crippen molar-refractivity contribution in [2.75, 3.05) is 23.4 Å². The van der Waals surface area contributed by atoms with Crippen LogP contribution in [0.1, 0.15) is 12.6 Å². The lowest BCUT2D eigenvalue weighted by Gasteiger charge is -2.04. The molecule has 4 nitrogen and oxygen atoms in total. The number of aryl methyl sites for hydroxylation is 1. The van der Waals surface area contributed by atoms with Gasteiger partial charge in [0.25, 0.3) is 0 Å². The van der Waals surface area contributed by atoms with Gasteiger partial charge in [-0.25, -0.2) is 9.97 Å². The van der Waals surface area contributed by atoms with Gasteiger partial charge in [-0.05, 0) is 6.92 Å². The molecule has 0 saturated carbocycles. The second-order valence-corrected chi connectivity index (χ2v) is 4.77. The third kappa shape index (κ3) is 3.83. The molecular formula is C9H15N3OS. The molecule has 0 spiro atoms. The lowest BCUT2D eigenvalue weighted by Crippen LogP contribution is -2.12. The third-order valence-electron chi connectivity index (χ3n) is 1.76. The molecule has 14 heavy (non-hydrogen) atoms. The molecule has 0 aliphatic carbocycles. The predicted octanol–water partition coefficient (Wildman–Crippen LogP) is 0.966. The van der Waals surface area contributed by atoms with E-state index in [2.05, 4.69) is 15.3 Å². The molecular weight excluding hydrogens is 198 g/mol. The molecule has 5 heteroatoms. The molecule has 0 aromatic carbocycles. The number of rotatable bonds is 5. The van der Waals surface area contributed by atoms with Crippen LogP contribution in [0.5, 0.6) is 0 Å². The van der Waals surface area contributed by atoms with E-state index in [0.717, 1.165) is 11.5 Å². The van der Waals surface area contributed by atoms with Gasteiger partial charge in [0.05, 0.1) is 0 Å². The summed E-state index contributed by atoms with van der Waals surface area (Å²) in [4.78, 5) is 8.03. The van der Waals surface area contributed by atoms with Crippen molar-refractivity contribution in [1.29, 1.82) is 0 Å². The number of anilines is 1. The van der Waals surface area contributed by atoms with E-state index < -0.39 is 10.8 Å². The Balaban J connectivity index is 2.35. The molecule has 1 N–H and O–H groups in total. The highest BCUT2D eigenvalue weighted by molar-refractivity contribution is 7.84. The highest BCUT2D eigenvalue weighted by Gasteiger charge is 1.97. The molecule has 0 aliphatic rings. The van der Waals surface area contributed by atoms with Gasteiger partial charge in [-0.3, -0.25) is 4.21 Å². The van der Waals surface area contributed by atoms with Gasteiger partial charge in [0.2, 0.25) is 0 Å². The standard InChI is InChI=1S/C9H15N3OS/c1-3-14(13)5-4-10-9-6-8(2)11-7-12-9/h6-7H,3-5H2,1-2H3,(H,10,11,12). The van der Waals surface area contributed by atoms with Crippen LogP contribution in [0.15, 0.2) is 12.4 Å². The highest BCUT2D eigenvalue weighted by Crippen LogP contribution is 2.01. The minimum atomic E-state index is -0.712. The molecule has 0 amide bonds. The molecule has 1 atom stereocenters. The number of hydrogen-bond donors (Lipinski definition) is 1. The molecule has 78 valence electrons. The fourth-order valence-corrected chi connectivity index (χ4v) is 1.61. The third-order valence-corrected chi connectivity index (χ3v) is 3.07. The monoisotopic (exact) mass is 213 g/mol. The zero-order valence-corrected chi connectivity index (χ0v) is 9.30. The van der Waals surface area contributed by atoms with Crippen molar-refractivity contribution < 1.29 is 4.21 Å². The first kappa shape index (κ1) is 11.1. The Hall–Kier alpha value is -0.970. The smallest absolute Gasteiger partial charge is 0.129 e. The van der Waals surface area contributed by atoms with Crippen molar-refractivity contribution >= 4 is 16.6 Å². The van der Waals surface area contributed by atoms with E-state index in [4.69, 9.17) is 0 Å². The van der Waals surface area contributed by atoms with Crippen LogP contribution in [0, 0.1) is 6.92 Å². The molecule has 0 saturated heterocycles. The van der Waals surface area contributed by atoms with E-state index in [-0.39, 0.29) is 0 Å². The van der Waals surface area contributed by atoms with Crippen molar-refractivity contribution in [2.45, 2.75) is 13.8 Å². The van der Waals surface area contributed by atoms with Gasteiger partial charge in [-0.2, -0.15) is 0 Å². The van der Waals surface area contributed by atoms with Crippen LogP contribution < -0.4 is 5.32 Å². The second-order valence-electron chi connectivity index (χ2n) is 2.90. The van der Waals surface area contributed by atoms with Gasteiger partial charge in [0.1, 0.15) is 12.1 Å². The van der Waals surface area contributed by atoms with Crippen molar-refractivity contribution in [3.63, 3.8) is 0 Å². The summed E-state index contributed by atoms with van der Waals surface area (Å²) in [5.74, 6) is 2.18. The SMILES string of the molecule is CCS(=O)CCNc1cc(C)ncn1. The van der Waals surface area contributed by atoms with Crippen LogP contribution >= 0.6 is 0 Å². The minimum absolute atomic E-state index is 0.666. The quantitative estimate of drug-likeness (QED) is 0.791. The van der Waals surface area contributed by atoms with Crippen molar-refractivity contribution in [1.82, 2.24) is 9.97 Å². The summed E-state index contributed by atoms with van der Waals surface area (Å²) in [6, 6.07) is 1.87. The van der Waals surface area contributed by atoms with Gasteiger partial charge in [0.15, 0.2) is 0 Å². The van der Waals surface area contributed by atoms with E-state index in [9.17, 15) is 4.21 Å². The Bertz CT molecular complexity index is 317. The van der Waals surface area contributed by atoms with Crippen LogP contribution in [-0.4, -0.2) is 32.2 Å². The van der Waals surface area contributed by atoms with Crippen molar-refractivity contribution in [2.24, 2.45) is 0 Å². The zero-order chi connectivity index (χ0) is 10.4. The van der Waals surface area contributed by atoms with E-state index in [1.54, 1.807) is 0 Å². The minimum Gasteiger partial charge on any atom is -0.369 e. The molecule has 1 aromatic rings. The van der Waals surface area contributed by atoms with Gasteiger partial charge in [-0.1, -0.05) is 6.92 Å². The summed E-state index contributed by atoms with van der Waals surface area (Å²) in [5, 5.41) is 3.11. The maximum atomic E-state index is 11.1. The van der Waals surface area contributed by atoms with Gasteiger partial charge in [0, 0.05) is 40.6 Å². The van der Waals surface area contributed by atoms with Crippen LogP contribution in [0.4, 0.5) is 5.82 Å². The average Bonchev–Trinajstić information content (AvgIpc) is 2.17. The average molecular weight is 213 g/mol. The largest absolute Gasteiger partial charge is 0.369 e. The molecule has 1 rings (SSSR count). The fourth-order valence-electron chi connectivity index (χ4n) is 0.988. The predicted molar refractivity (Wildman–Crippen MR) is 58.8 cm³/mol. The summed E-state index contributed by atoms with van der Waals surface area (Å²) in [6.07, 6.45) is 1.52. The number of hydrogen-bond acceptors (Lipinski definition) is 4. The molecule has 0 radical (unpaired) electrons. The first-order chi connectivity index (χ1) is 6.72. The maximum Gasteiger partial charge on any atom is 0.129 e. The Labute approximate surface area is 86.6 Å². The van der Waals surface area contributed by atoms with Crippen LogP contribution in [0.2, 0.25) is 0 Å². The summed E-state index contributed by atoms with van der Waals surface area (Å²) in [7, 11) is -0.712. The second kappa shape index (κ2) is 5.70. The summed E-state index contributed by atoms with van der Waals surface area (Å²) >= 11 is 0. The van der Waals surface area contributed by atoms with Crippen molar-refractivity contribution in [3.8, 4) is 0 Å². The fraction of sp³-hybridized carbons (Fsp3) is 0.556. The van der Waals surface area contributed by atoms with Crippen LogP contribution in [0.25, 0.3) is 0 Å². The summed E-state index contributed by atoms with van der Waals surface area (Å²) in [6.45, 7) is 4.53. The Morgan fingerprint density at radius 1 is 1.50 bits per heavy atom. The molecule has 0 fully saturated rings. The summed E-state index contributed by atoms with van der Waals surface area (Å²) < 4.78 is 11.1.